The number of carbonyl (C=O) groups is 1. The zero-order valence-corrected chi connectivity index (χ0v) is 9.53. The van der Waals surface area contributed by atoms with Crippen LogP contribution in [0.25, 0.3) is 0 Å². The molecule has 0 fully saturated rings. The molecule has 1 aromatic carbocycles. The van der Waals surface area contributed by atoms with Gasteiger partial charge in [0.2, 0.25) is 0 Å². The number of rotatable bonds is 6. The van der Waals surface area contributed by atoms with Crippen molar-refractivity contribution < 1.29 is 14.3 Å². The second-order valence-electron chi connectivity index (χ2n) is 3.59. The largest absolute Gasteiger partial charge is 0.394 e. The molecule has 0 unspecified atom stereocenters. The molecule has 0 aromatic heterocycles. The lowest BCUT2D eigenvalue weighted by Crippen LogP contribution is -2.39. The Bertz CT molecular complexity index is 333. The summed E-state index contributed by atoms with van der Waals surface area (Å²) in [6.45, 7) is -0.349. The normalized spacial score (nSPS) is 11.9. The summed E-state index contributed by atoms with van der Waals surface area (Å²) in [5, 5.41) is 14.3. The summed E-state index contributed by atoms with van der Waals surface area (Å²) in [7, 11) is 0. The molecule has 1 atom stereocenters. The number of nitrogens with one attached hydrogen (secondary N) is 2. The van der Waals surface area contributed by atoms with Crippen LogP contribution in [0.3, 0.4) is 0 Å². The molecule has 0 aliphatic heterocycles. The maximum Gasteiger partial charge on any atom is 0.315 e. The third kappa shape index (κ3) is 4.82. The van der Waals surface area contributed by atoms with E-state index in [1.807, 2.05) is 30.3 Å². The van der Waals surface area contributed by atoms with E-state index >= 15 is 0 Å². The van der Waals surface area contributed by atoms with Crippen LogP contribution in [-0.4, -0.2) is 31.0 Å². The van der Waals surface area contributed by atoms with Crippen molar-refractivity contribution in [1.29, 1.82) is 0 Å². The molecule has 1 aromatic rings. The Balaban J connectivity index is 2.44. The van der Waals surface area contributed by atoms with Crippen LogP contribution in [0.15, 0.2) is 30.3 Å². The van der Waals surface area contributed by atoms with E-state index in [0.717, 1.165) is 5.56 Å². The monoisotopic (exact) mass is 240 g/mol. The predicted octanol–water partition coefficient (Wildman–Crippen LogP) is 1.38. The third-order valence-electron chi connectivity index (χ3n) is 2.29. The molecule has 0 heterocycles. The molecule has 2 amide bonds. The Hall–Kier alpha value is -1.62. The highest BCUT2D eigenvalue weighted by atomic mass is 19.1. The summed E-state index contributed by atoms with van der Waals surface area (Å²) in [5.41, 5.74) is 0.829. The number of amides is 2. The second kappa shape index (κ2) is 7.62. The van der Waals surface area contributed by atoms with Gasteiger partial charge in [-0.15, -0.1) is 0 Å². The molecule has 0 aliphatic carbocycles. The van der Waals surface area contributed by atoms with Gasteiger partial charge in [0.1, 0.15) is 0 Å². The summed E-state index contributed by atoms with van der Waals surface area (Å²) < 4.78 is 11.8. The molecule has 0 bridgehead atoms. The number of carbonyl (C=O) groups excluding carboxylic acids is 1. The minimum absolute atomic E-state index is 0.180. The number of aliphatic hydroxyl groups excluding tert-OH is 1. The SMILES string of the molecule is O=C(NCCCF)N[C@H](CO)c1ccccc1. The van der Waals surface area contributed by atoms with Crippen molar-refractivity contribution in [2.75, 3.05) is 19.8 Å². The van der Waals surface area contributed by atoms with Crippen molar-refractivity contribution in [3.63, 3.8) is 0 Å². The zero-order valence-electron chi connectivity index (χ0n) is 9.53. The molecule has 0 radical (unpaired) electrons. The number of benzene rings is 1. The van der Waals surface area contributed by atoms with Crippen molar-refractivity contribution in [3.8, 4) is 0 Å². The molecular formula is C12H17FN2O2. The van der Waals surface area contributed by atoms with Gasteiger partial charge in [-0.25, -0.2) is 4.79 Å². The van der Waals surface area contributed by atoms with Gasteiger partial charge in [0.25, 0.3) is 0 Å². The molecule has 0 saturated carbocycles. The van der Waals surface area contributed by atoms with Gasteiger partial charge in [0.15, 0.2) is 0 Å². The molecule has 3 N–H and O–H groups in total. The standard InChI is InChI=1S/C12H17FN2O2/c13-7-4-8-14-12(17)15-11(9-16)10-5-2-1-3-6-10/h1-3,5-6,11,16H,4,7-9H2,(H2,14,15,17)/t11-/m1/s1. The van der Waals surface area contributed by atoms with Crippen molar-refractivity contribution in [3.05, 3.63) is 35.9 Å². The van der Waals surface area contributed by atoms with Gasteiger partial charge in [-0.05, 0) is 12.0 Å². The van der Waals surface area contributed by atoms with Crippen LogP contribution in [-0.2, 0) is 0 Å². The number of urea groups is 1. The maximum atomic E-state index is 11.8. The van der Waals surface area contributed by atoms with Crippen LogP contribution in [0.5, 0.6) is 0 Å². The Morgan fingerprint density at radius 1 is 1.35 bits per heavy atom. The highest BCUT2D eigenvalue weighted by molar-refractivity contribution is 5.74. The fourth-order valence-corrected chi connectivity index (χ4v) is 1.40. The molecule has 1 rings (SSSR count). The summed E-state index contributed by atoms with van der Waals surface area (Å²) in [4.78, 5) is 11.4. The van der Waals surface area contributed by atoms with Crippen molar-refractivity contribution in [2.45, 2.75) is 12.5 Å². The lowest BCUT2D eigenvalue weighted by molar-refractivity contribution is 0.216. The van der Waals surface area contributed by atoms with E-state index in [-0.39, 0.29) is 13.2 Å². The number of halogens is 1. The smallest absolute Gasteiger partial charge is 0.315 e. The quantitative estimate of drug-likeness (QED) is 0.658. The molecule has 17 heavy (non-hydrogen) atoms. The number of aliphatic hydroxyl groups is 1. The molecule has 0 spiro atoms. The van der Waals surface area contributed by atoms with Crippen molar-refractivity contribution in [1.82, 2.24) is 10.6 Å². The van der Waals surface area contributed by atoms with E-state index < -0.39 is 18.7 Å². The van der Waals surface area contributed by atoms with Gasteiger partial charge < -0.3 is 15.7 Å². The zero-order chi connectivity index (χ0) is 12.5. The van der Waals surface area contributed by atoms with Gasteiger partial charge in [0.05, 0.1) is 19.3 Å². The number of hydrogen-bond acceptors (Lipinski definition) is 2. The first-order chi connectivity index (χ1) is 8.27. The van der Waals surface area contributed by atoms with Crippen molar-refractivity contribution >= 4 is 6.03 Å². The van der Waals surface area contributed by atoms with Crippen LogP contribution < -0.4 is 10.6 Å². The summed E-state index contributed by atoms with van der Waals surface area (Å²) in [6.07, 6.45) is 0.294. The predicted molar refractivity (Wildman–Crippen MR) is 63.4 cm³/mol. The number of hydrogen-bond donors (Lipinski definition) is 3. The van der Waals surface area contributed by atoms with Gasteiger partial charge >= 0.3 is 6.03 Å². The van der Waals surface area contributed by atoms with Gasteiger partial charge in [-0.1, -0.05) is 30.3 Å². The Labute approximate surface area is 99.8 Å². The molecule has 94 valence electrons. The van der Waals surface area contributed by atoms with Crippen LogP contribution in [0.1, 0.15) is 18.0 Å². The fraction of sp³-hybridized carbons (Fsp3) is 0.417. The highest BCUT2D eigenvalue weighted by Crippen LogP contribution is 2.10. The average molecular weight is 240 g/mol. The topological polar surface area (TPSA) is 61.4 Å². The maximum absolute atomic E-state index is 11.8. The second-order valence-corrected chi connectivity index (χ2v) is 3.59. The first kappa shape index (κ1) is 13.4. The highest BCUT2D eigenvalue weighted by Gasteiger charge is 2.12. The summed E-state index contributed by atoms with van der Waals surface area (Å²) in [6, 6.07) is 8.33. The summed E-state index contributed by atoms with van der Waals surface area (Å²) in [5.74, 6) is 0. The minimum atomic E-state index is -0.456. The van der Waals surface area contributed by atoms with Crippen molar-refractivity contribution in [2.24, 2.45) is 0 Å². The fourth-order valence-electron chi connectivity index (χ4n) is 1.40. The van der Waals surface area contributed by atoms with Crippen LogP contribution >= 0.6 is 0 Å². The minimum Gasteiger partial charge on any atom is -0.394 e. The van der Waals surface area contributed by atoms with Crippen LogP contribution in [0.4, 0.5) is 9.18 Å². The van der Waals surface area contributed by atoms with Gasteiger partial charge in [-0.2, -0.15) is 0 Å². The first-order valence-corrected chi connectivity index (χ1v) is 5.54. The lowest BCUT2D eigenvalue weighted by Gasteiger charge is -2.17. The van der Waals surface area contributed by atoms with Gasteiger partial charge in [-0.3, -0.25) is 4.39 Å². The Kier molecular flexibility index (Phi) is 6.03. The molecular weight excluding hydrogens is 223 g/mol. The van der Waals surface area contributed by atoms with E-state index in [2.05, 4.69) is 10.6 Å². The molecule has 0 saturated heterocycles. The lowest BCUT2D eigenvalue weighted by atomic mass is 10.1. The number of alkyl halides is 1. The van der Waals surface area contributed by atoms with Gasteiger partial charge in [0, 0.05) is 6.54 Å². The van der Waals surface area contributed by atoms with E-state index in [0.29, 0.717) is 6.42 Å². The van der Waals surface area contributed by atoms with E-state index in [9.17, 15) is 14.3 Å². The first-order valence-electron chi connectivity index (χ1n) is 5.54. The van der Waals surface area contributed by atoms with E-state index in [1.54, 1.807) is 0 Å². The Morgan fingerprint density at radius 2 is 2.06 bits per heavy atom. The van der Waals surface area contributed by atoms with E-state index in [1.165, 1.54) is 0 Å². The average Bonchev–Trinajstić information content (AvgIpc) is 2.37. The summed E-state index contributed by atoms with van der Waals surface area (Å²) >= 11 is 0. The molecule has 4 nitrogen and oxygen atoms in total. The molecule has 5 heteroatoms. The van der Waals surface area contributed by atoms with Crippen LogP contribution in [0.2, 0.25) is 0 Å². The third-order valence-corrected chi connectivity index (χ3v) is 2.29. The molecule has 0 aliphatic rings. The van der Waals surface area contributed by atoms with Crippen LogP contribution in [0, 0.1) is 0 Å². The Morgan fingerprint density at radius 3 is 2.65 bits per heavy atom. The van der Waals surface area contributed by atoms with E-state index in [4.69, 9.17) is 0 Å².